The lowest BCUT2D eigenvalue weighted by atomic mass is 10.0. The molecule has 3 heterocycles. The topological polar surface area (TPSA) is 86.5 Å². The van der Waals surface area contributed by atoms with Gasteiger partial charge in [0.25, 0.3) is 0 Å². The zero-order valence-corrected chi connectivity index (χ0v) is 18.1. The van der Waals surface area contributed by atoms with Crippen molar-refractivity contribution in [3.05, 3.63) is 71.6 Å². The SMILES string of the molecule is COc1cccc(F)c1CCc1ccc(-c2cnc(S(C)(=O)=O)c(C)c2)c2nncn12. The van der Waals surface area contributed by atoms with Crippen LogP contribution in [0.25, 0.3) is 16.8 Å². The van der Waals surface area contributed by atoms with Crippen molar-refractivity contribution in [2.45, 2.75) is 24.8 Å². The van der Waals surface area contributed by atoms with Crippen molar-refractivity contribution >= 4 is 15.5 Å². The Balaban J connectivity index is 1.70. The largest absolute Gasteiger partial charge is 0.496 e. The standard InChI is InChI=1S/C22H21FN4O3S/c1-14-11-15(12-24-22(14)31(3,28)29)17-9-7-16(27-13-25-26-21(17)27)8-10-18-19(23)5-4-6-20(18)30-2/h4-7,9,11-13H,8,10H2,1-3H3. The Bertz CT molecular complexity index is 1380. The van der Waals surface area contributed by atoms with Crippen LogP contribution in [0, 0.1) is 12.7 Å². The lowest BCUT2D eigenvalue weighted by Crippen LogP contribution is -2.05. The van der Waals surface area contributed by atoms with Crippen LogP contribution >= 0.6 is 0 Å². The van der Waals surface area contributed by atoms with E-state index in [-0.39, 0.29) is 10.8 Å². The number of aryl methyl sites for hydroxylation is 2. The van der Waals surface area contributed by atoms with Gasteiger partial charge in [-0.15, -0.1) is 10.2 Å². The number of aromatic nitrogens is 4. The summed E-state index contributed by atoms with van der Waals surface area (Å²) in [4.78, 5) is 4.14. The highest BCUT2D eigenvalue weighted by molar-refractivity contribution is 7.90. The second-order valence-corrected chi connectivity index (χ2v) is 9.23. The van der Waals surface area contributed by atoms with E-state index in [4.69, 9.17) is 4.74 Å². The van der Waals surface area contributed by atoms with Crippen LogP contribution in [0.5, 0.6) is 5.75 Å². The number of hydrogen-bond donors (Lipinski definition) is 0. The van der Waals surface area contributed by atoms with Gasteiger partial charge < -0.3 is 4.74 Å². The van der Waals surface area contributed by atoms with E-state index in [1.165, 1.54) is 19.4 Å². The molecular weight excluding hydrogens is 419 g/mol. The molecule has 160 valence electrons. The average Bonchev–Trinajstić information content (AvgIpc) is 3.21. The normalized spacial score (nSPS) is 11.7. The van der Waals surface area contributed by atoms with Crippen molar-refractivity contribution < 1.29 is 17.5 Å². The Labute approximate surface area is 179 Å². The van der Waals surface area contributed by atoms with E-state index >= 15 is 0 Å². The molecule has 0 fully saturated rings. The molecule has 1 aromatic carbocycles. The van der Waals surface area contributed by atoms with E-state index in [9.17, 15) is 12.8 Å². The van der Waals surface area contributed by atoms with Gasteiger partial charge in [-0.05, 0) is 55.7 Å². The average molecular weight is 441 g/mol. The molecule has 31 heavy (non-hydrogen) atoms. The summed E-state index contributed by atoms with van der Waals surface area (Å²) in [5.41, 5.74) is 4.13. The maximum Gasteiger partial charge on any atom is 0.193 e. The monoisotopic (exact) mass is 440 g/mol. The van der Waals surface area contributed by atoms with Gasteiger partial charge in [0.15, 0.2) is 20.5 Å². The molecule has 4 rings (SSSR count). The summed E-state index contributed by atoms with van der Waals surface area (Å²) < 4.78 is 45.1. The number of methoxy groups -OCH3 is 1. The molecule has 0 unspecified atom stereocenters. The third-order valence-electron chi connectivity index (χ3n) is 5.16. The first-order chi connectivity index (χ1) is 14.8. The van der Waals surface area contributed by atoms with Crippen molar-refractivity contribution in [2.75, 3.05) is 13.4 Å². The quantitative estimate of drug-likeness (QED) is 0.457. The van der Waals surface area contributed by atoms with Gasteiger partial charge >= 0.3 is 0 Å². The molecular formula is C22H21FN4O3S. The van der Waals surface area contributed by atoms with Crippen molar-refractivity contribution in [1.82, 2.24) is 19.6 Å². The predicted molar refractivity (Wildman–Crippen MR) is 114 cm³/mol. The molecule has 0 spiro atoms. The minimum Gasteiger partial charge on any atom is -0.496 e. The summed E-state index contributed by atoms with van der Waals surface area (Å²) in [5.74, 6) is 0.215. The Kier molecular flexibility index (Phi) is 5.45. The third-order valence-corrected chi connectivity index (χ3v) is 6.29. The first-order valence-corrected chi connectivity index (χ1v) is 11.5. The molecule has 4 aromatic rings. The van der Waals surface area contributed by atoms with Gasteiger partial charge in [0.1, 0.15) is 17.9 Å². The van der Waals surface area contributed by atoms with Crippen LogP contribution in [0.3, 0.4) is 0 Å². The number of benzene rings is 1. The van der Waals surface area contributed by atoms with E-state index in [2.05, 4.69) is 15.2 Å². The van der Waals surface area contributed by atoms with E-state index in [0.29, 0.717) is 35.4 Å². The summed E-state index contributed by atoms with van der Waals surface area (Å²) in [7, 11) is -1.88. The number of halogens is 1. The molecule has 0 radical (unpaired) electrons. The fraction of sp³-hybridized carbons (Fsp3) is 0.227. The van der Waals surface area contributed by atoms with Crippen LogP contribution in [-0.4, -0.2) is 41.4 Å². The van der Waals surface area contributed by atoms with Gasteiger partial charge in [0.2, 0.25) is 0 Å². The summed E-state index contributed by atoms with van der Waals surface area (Å²) in [5, 5.41) is 8.32. The number of pyridine rings is 2. The van der Waals surface area contributed by atoms with E-state index < -0.39 is 9.84 Å². The van der Waals surface area contributed by atoms with Crippen LogP contribution in [-0.2, 0) is 22.7 Å². The fourth-order valence-electron chi connectivity index (χ4n) is 3.72. The van der Waals surface area contributed by atoms with E-state index in [1.54, 1.807) is 31.5 Å². The van der Waals surface area contributed by atoms with Gasteiger partial charge in [-0.3, -0.25) is 4.40 Å². The zero-order chi connectivity index (χ0) is 22.2. The molecule has 9 heteroatoms. The first-order valence-electron chi connectivity index (χ1n) is 9.59. The summed E-state index contributed by atoms with van der Waals surface area (Å²) in [6, 6.07) is 10.4. The number of fused-ring (bicyclic) bond motifs is 1. The highest BCUT2D eigenvalue weighted by Gasteiger charge is 2.16. The minimum absolute atomic E-state index is 0.0594. The molecule has 0 saturated heterocycles. The molecule has 0 N–H and O–H groups in total. The van der Waals surface area contributed by atoms with Gasteiger partial charge in [-0.25, -0.2) is 17.8 Å². The van der Waals surface area contributed by atoms with Crippen molar-refractivity contribution in [2.24, 2.45) is 0 Å². The van der Waals surface area contributed by atoms with Crippen LogP contribution in [0.2, 0.25) is 0 Å². The van der Waals surface area contributed by atoms with Crippen molar-refractivity contribution in [3.8, 4) is 16.9 Å². The van der Waals surface area contributed by atoms with Crippen molar-refractivity contribution in [3.63, 3.8) is 0 Å². The molecule has 7 nitrogen and oxygen atoms in total. The lowest BCUT2D eigenvalue weighted by molar-refractivity contribution is 0.404. The highest BCUT2D eigenvalue weighted by Crippen LogP contribution is 2.28. The highest BCUT2D eigenvalue weighted by atomic mass is 32.2. The molecule has 0 amide bonds. The molecule has 0 atom stereocenters. The molecule has 0 aliphatic carbocycles. The summed E-state index contributed by atoms with van der Waals surface area (Å²) in [6.07, 6.45) is 5.27. The Morgan fingerprint density at radius 2 is 1.97 bits per heavy atom. The van der Waals surface area contributed by atoms with Gasteiger partial charge in [0.05, 0.1) is 7.11 Å². The number of nitrogens with zero attached hydrogens (tertiary/aromatic N) is 4. The molecule has 0 aliphatic rings. The summed E-state index contributed by atoms with van der Waals surface area (Å²) in [6.45, 7) is 1.71. The maximum atomic E-state index is 14.3. The van der Waals surface area contributed by atoms with E-state index in [1.807, 2.05) is 16.5 Å². The molecule has 0 saturated carbocycles. The number of rotatable bonds is 6. The third kappa shape index (κ3) is 4.00. The fourth-order valence-corrected chi connectivity index (χ4v) is 4.60. The van der Waals surface area contributed by atoms with Crippen LogP contribution in [0.4, 0.5) is 4.39 Å². The predicted octanol–water partition coefficient (Wildman–Crippen LogP) is 3.44. The number of sulfone groups is 1. The van der Waals surface area contributed by atoms with Gasteiger partial charge in [-0.1, -0.05) is 6.07 Å². The number of ether oxygens (including phenoxy) is 1. The number of hydrogen-bond acceptors (Lipinski definition) is 6. The zero-order valence-electron chi connectivity index (χ0n) is 17.3. The van der Waals surface area contributed by atoms with Gasteiger partial charge in [-0.2, -0.15) is 0 Å². The smallest absolute Gasteiger partial charge is 0.193 e. The van der Waals surface area contributed by atoms with E-state index in [0.717, 1.165) is 23.1 Å². The Hall–Kier alpha value is -3.33. The molecule has 0 aliphatic heterocycles. The Morgan fingerprint density at radius 1 is 1.16 bits per heavy atom. The maximum absolute atomic E-state index is 14.3. The Morgan fingerprint density at radius 3 is 2.68 bits per heavy atom. The minimum atomic E-state index is -3.40. The van der Waals surface area contributed by atoms with Crippen LogP contribution in [0.15, 0.2) is 53.9 Å². The first kappa shape index (κ1) is 20.9. The summed E-state index contributed by atoms with van der Waals surface area (Å²) >= 11 is 0. The van der Waals surface area contributed by atoms with Crippen LogP contribution < -0.4 is 4.74 Å². The second kappa shape index (κ2) is 8.07. The van der Waals surface area contributed by atoms with Gasteiger partial charge in [0, 0.05) is 34.8 Å². The molecule has 0 bridgehead atoms. The molecule has 3 aromatic heterocycles. The second-order valence-electron chi connectivity index (χ2n) is 7.30. The van der Waals surface area contributed by atoms with Crippen LogP contribution in [0.1, 0.15) is 16.8 Å². The van der Waals surface area contributed by atoms with Crippen molar-refractivity contribution in [1.29, 1.82) is 0 Å². The lowest BCUT2D eigenvalue weighted by Gasteiger charge is -2.12.